The molecule has 0 aliphatic heterocycles. The fourth-order valence-corrected chi connectivity index (χ4v) is 2.85. The highest BCUT2D eigenvalue weighted by Crippen LogP contribution is 2.24. The van der Waals surface area contributed by atoms with Gasteiger partial charge in [-0.25, -0.2) is 4.98 Å². The van der Waals surface area contributed by atoms with Gasteiger partial charge < -0.3 is 10.3 Å². The summed E-state index contributed by atoms with van der Waals surface area (Å²) in [5.74, 6) is 1.88. The summed E-state index contributed by atoms with van der Waals surface area (Å²) >= 11 is 5.24. The molecule has 17 heavy (non-hydrogen) atoms. The van der Waals surface area contributed by atoms with E-state index in [9.17, 15) is 0 Å². The third kappa shape index (κ3) is 3.87. The lowest BCUT2D eigenvalue weighted by Gasteiger charge is -2.00. The Morgan fingerprint density at radius 3 is 3.12 bits per heavy atom. The number of halogens is 1. The lowest BCUT2D eigenvalue weighted by atomic mass is 10.4. The summed E-state index contributed by atoms with van der Waals surface area (Å²) < 4.78 is 1.11. The number of aromatic nitrogens is 2. The zero-order valence-electron chi connectivity index (χ0n) is 9.53. The van der Waals surface area contributed by atoms with Gasteiger partial charge in [0.1, 0.15) is 5.82 Å². The predicted octanol–water partition coefficient (Wildman–Crippen LogP) is 3.18. The molecule has 0 bridgehead atoms. The summed E-state index contributed by atoms with van der Waals surface area (Å²) in [6.07, 6.45) is 1.88. The fourth-order valence-electron chi connectivity index (χ4n) is 1.47. The maximum atomic E-state index is 4.34. The Morgan fingerprint density at radius 2 is 2.35 bits per heavy atom. The zero-order valence-corrected chi connectivity index (χ0v) is 11.9. The third-order valence-corrected chi connectivity index (χ3v) is 3.72. The van der Waals surface area contributed by atoms with Crippen LogP contribution >= 0.6 is 27.7 Å². The van der Waals surface area contributed by atoms with E-state index in [1.165, 1.54) is 4.90 Å². The van der Waals surface area contributed by atoms with E-state index in [1.54, 1.807) is 11.8 Å². The highest BCUT2D eigenvalue weighted by Gasteiger charge is 2.01. The SMILES string of the molecule is CNCc1cnc(CSc2cccc(Br)c2)[nH]1. The van der Waals surface area contributed by atoms with Crippen LogP contribution in [0.4, 0.5) is 0 Å². The average Bonchev–Trinajstić information content (AvgIpc) is 2.75. The lowest BCUT2D eigenvalue weighted by molar-refractivity contribution is 0.794. The molecule has 0 aliphatic carbocycles. The second-order valence-corrected chi connectivity index (χ2v) is 5.60. The topological polar surface area (TPSA) is 40.7 Å². The highest BCUT2D eigenvalue weighted by atomic mass is 79.9. The van der Waals surface area contributed by atoms with Crippen molar-refractivity contribution in [2.24, 2.45) is 0 Å². The van der Waals surface area contributed by atoms with Crippen molar-refractivity contribution in [3.05, 3.63) is 46.5 Å². The molecule has 2 aromatic rings. The molecule has 2 rings (SSSR count). The van der Waals surface area contributed by atoms with Gasteiger partial charge in [-0.2, -0.15) is 0 Å². The van der Waals surface area contributed by atoms with E-state index in [0.29, 0.717) is 0 Å². The minimum atomic E-state index is 0.828. The van der Waals surface area contributed by atoms with Crippen molar-refractivity contribution in [2.45, 2.75) is 17.2 Å². The van der Waals surface area contributed by atoms with E-state index < -0.39 is 0 Å². The van der Waals surface area contributed by atoms with Crippen molar-refractivity contribution in [1.29, 1.82) is 0 Å². The molecule has 0 fully saturated rings. The first kappa shape index (κ1) is 12.7. The molecule has 0 atom stereocenters. The van der Waals surface area contributed by atoms with Gasteiger partial charge in [-0.1, -0.05) is 22.0 Å². The van der Waals surface area contributed by atoms with E-state index in [2.05, 4.69) is 43.3 Å². The van der Waals surface area contributed by atoms with E-state index in [0.717, 1.165) is 28.3 Å². The molecular formula is C12H14BrN3S. The largest absolute Gasteiger partial charge is 0.344 e. The molecule has 90 valence electrons. The summed E-state index contributed by atoms with van der Waals surface area (Å²) in [7, 11) is 1.93. The Labute approximate surface area is 114 Å². The van der Waals surface area contributed by atoms with Crippen molar-refractivity contribution in [3.63, 3.8) is 0 Å². The Balaban J connectivity index is 1.93. The first-order valence-corrected chi connectivity index (χ1v) is 7.11. The summed E-state index contributed by atoms with van der Waals surface area (Å²) in [6, 6.07) is 8.29. The van der Waals surface area contributed by atoms with Crippen LogP contribution in [0.1, 0.15) is 11.5 Å². The van der Waals surface area contributed by atoms with Gasteiger partial charge in [0.2, 0.25) is 0 Å². The van der Waals surface area contributed by atoms with Crippen LogP contribution in [-0.4, -0.2) is 17.0 Å². The number of benzene rings is 1. The van der Waals surface area contributed by atoms with E-state index >= 15 is 0 Å². The first-order valence-electron chi connectivity index (χ1n) is 5.33. The first-order chi connectivity index (χ1) is 8.28. The minimum absolute atomic E-state index is 0.828. The van der Waals surface area contributed by atoms with Crippen molar-refractivity contribution in [1.82, 2.24) is 15.3 Å². The lowest BCUT2D eigenvalue weighted by Crippen LogP contribution is -2.05. The van der Waals surface area contributed by atoms with Crippen LogP contribution in [0.25, 0.3) is 0 Å². The number of rotatable bonds is 5. The van der Waals surface area contributed by atoms with Crippen LogP contribution in [0.15, 0.2) is 39.8 Å². The van der Waals surface area contributed by atoms with Gasteiger partial charge in [-0.3, -0.25) is 0 Å². The molecule has 3 nitrogen and oxygen atoms in total. The Bertz CT molecular complexity index is 484. The van der Waals surface area contributed by atoms with Gasteiger partial charge in [-0.15, -0.1) is 11.8 Å². The Morgan fingerprint density at radius 1 is 1.47 bits per heavy atom. The minimum Gasteiger partial charge on any atom is -0.344 e. The second-order valence-electron chi connectivity index (χ2n) is 3.63. The van der Waals surface area contributed by atoms with Crippen LogP contribution in [0.2, 0.25) is 0 Å². The van der Waals surface area contributed by atoms with Crippen molar-refractivity contribution < 1.29 is 0 Å². The van der Waals surface area contributed by atoms with Gasteiger partial charge in [-0.05, 0) is 25.2 Å². The molecule has 0 aliphatic rings. The second kappa shape index (κ2) is 6.23. The number of imidazole rings is 1. The number of hydrogen-bond acceptors (Lipinski definition) is 3. The number of hydrogen-bond donors (Lipinski definition) is 2. The normalized spacial score (nSPS) is 10.7. The van der Waals surface area contributed by atoms with Crippen molar-refractivity contribution in [2.75, 3.05) is 7.05 Å². The monoisotopic (exact) mass is 311 g/mol. The molecule has 1 aromatic carbocycles. The maximum absolute atomic E-state index is 4.34. The van der Waals surface area contributed by atoms with Gasteiger partial charge >= 0.3 is 0 Å². The number of thioether (sulfide) groups is 1. The fraction of sp³-hybridized carbons (Fsp3) is 0.250. The number of nitrogens with zero attached hydrogens (tertiary/aromatic N) is 1. The van der Waals surface area contributed by atoms with E-state index in [1.807, 2.05) is 25.4 Å². The molecule has 5 heteroatoms. The molecule has 0 radical (unpaired) electrons. The third-order valence-electron chi connectivity index (χ3n) is 2.22. The molecule has 1 heterocycles. The van der Waals surface area contributed by atoms with Crippen LogP contribution < -0.4 is 5.32 Å². The van der Waals surface area contributed by atoms with Crippen LogP contribution in [0.5, 0.6) is 0 Å². The predicted molar refractivity (Wildman–Crippen MR) is 75.1 cm³/mol. The van der Waals surface area contributed by atoms with Gasteiger partial charge in [0.25, 0.3) is 0 Å². The Kier molecular flexibility index (Phi) is 4.65. The van der Waals surface area contributed by atoms with Gasteiger partial charge in [0.15, 0.2) is 0 Å². The Hall–Kier alpha value is -0.780. The molecule has 0 saturated heterocycles. The summed E-state index contributed by atoms with van der Waals surface area (Å²) in [6.45, 7) is 0.828. The van der Waals surface area contributed by atoms with E-state index in [-0.39, 0.29) is 0 Å². The van der Waals surface area contributed by atoms with Crippen LogP contribution in [0.3, 0.4) is 0 Å². The van der Waals surface area contributed by atoms with E-state index in [4.69, 9.17) is 0 Å². The molecule has 1 aromatic heterocycles. The van der Waals surface area contributed by atoms with Crippen LogP contribution in [0, 0.1) is 0 Å². The molecule has 0 spiro atoms. The molecule has 2 N–H and O–H groups in total. The maximum Gasteiger partial charge on any atom is 0.116 e. The van der Waals surface area contributed by atoms with Crippen LogP contribution in [-0.2, 0) is 12.3 Å². The zero-order chi connectivity index (χ0) is 12.1. The molecule has 0 saturated carbocycles. The van der Waals surface area contributed by atoms with Gasteiger partial charge in [0, 0.05) is 27.8 Å². The molecule has 0 unspecified atom stereocenters. The quantitative estimate of drug-likeness (QED) is 0.833. The number of aromatic amines is 1. The number of H-pyrrole nitrogens is 1. The molecular weight excluding hydrogens is 298 g/mol. The summed E-state index contributed by atoms with van der Waals surface area (Å²) in [4.78, 5) is 8.88. The highest BCUT2D eigenvalue weighted by molar-refractivity contribution is 9.10. The van der Waals surface area contributed by atoms with Crippen molar-refractivity contribution in [3.8, 4) is 0 Å². The van der Waals surface area contributed by atoms with Crippen molar-refractivity contribution >= 4 is 27.7 Å². The van der Waals surface area contributed by atoms with Gasteiger partial charge in [0.05, 0.1) is 5.75 Å². The average molecular weight is 312 g/mol. The smallest absolute Gasteiger partial charge is 0.116 e. The number of nitrogens with one attached hydrogen (secondary N) is 2. The molecule has 0 amide bonds. The summed E-state index contributed by atoms with van der Waals surface area (Å²) in [5, 5.41) is 3.09. The standard InChI is InChI=1S/C12H14BrN3S/c1-14-6-10-7-15-12(16-10)8-17-11-4-2-3-9(13)5-11/h2-5,7,14H,6,8H2,1H3,(H,15,16). The summed E-state index contributed by atoms with van der Waals surface area (Å²) in [5.41, 5.74) is 1.12.